The average Bonchev–Trinajstić information content (AvgIpc) is 1.79. The van der Waals surface area contributed by atoms with E-state index in [0.717, 1.165) is 120 Å². The lowest BCUT2D eigenvalue weighted by atomic mass is 10.0. The molecular formula is C73H138O17P2. The molecule has 0 bridgehead atoms. The predicted molar refractivity (Wildman–Crippen MR) is 372 cm³/mol. The van der Waals surface area contributed by atoms with Crippen molar-refractivity contribution in [2.45, 2.75) is 362 Å². The Labute approximate surface area is 561 Å². The number of rotatable bonds is 69. The highest BCUT2D eigenvalue weighted by atomic mass is 31.2. The quantitative estimate of drug-likeness (QED) is 0.0169. The molecule has 3 N–H and O–H groups in total. The number of ether oxygens (including phenoxy) is 4. The van der Waals surface area contributed by atoms with E-state index in [4.69, 9.17) is 37.0 Å². The van der Waals surface area contributed by atoms with E-state index in [-0.39, 0.29) is 25.7 Å². The van der Waals surface area contributed by atoms with Crippen molar-refractivity contribution in [3.05, 3.63) is 24.3 Å². The maximum absolute atomic E-state index is 13.0. The second-order valence-corrected chi connectivity index (χ2v) is 30.0. The van der Waals surface area contributed by atoms with Gasteiger partial charge in [-0.05, 0) is 69.1 Å². The number of carbonyl (C=O) groups is 4. The highest BCUT2D eigenvalue weighted by molar-refractivity contribution is 7.47. The molecule has 0 aromatic rings. The zero-order valence-corrected chi connectivity index (χ0v) is 61.3. The van der Waals surface area contributed by atoms with E-state index in [1.54, 1.807) is 0 Å². The Morgan fingerprint density at radius 3 is 0.880 bits per heavy atom. The summed E-state index contributed by atoms with van der Waals surface area (Å²) in [5, 5.41) is 10.6. The number of esters is 4. The third-order valence-electron chi connectivity index (χ3n) is 16.3. The van der Waals surface area contributed by atoms with E-state index in [0.29, 0.717) is 25.7 Å². The molecule has 0 aliphatic carbocycles. The van der Waals surface area contributed by atoms with Crippen LogP contribution in [-0.4, -0.2) is 96.7 Å². The summed E-state index contributed by atoms with van der Waals surface area (Å²) in [5.74, 6) is 0.0777. The molecule has 0 aromatic heterocycles. The number of unbranched alkanes of at least 4 members (excludes halogenated alkanes) is 34. The van der Waals surface area contributed by atoms with E-state index < -0.39 is 97.5 Å². The molecule has 19 heteroatoms. The van der Waals surface area contributed by atoms with Gasteiger partial charge in [0, 0.05) is 25.7 Å². The average molecular weight is 1350 g/mol. The molecule has 542 valence electrons. The number of carbonyl (C=O) groups excluding carboxylic acids is 4. The Balaban J connectivity index is 5.30. The lowest BCUT2D eigenvalue weighted by Gasteiger charge is -2.21. The summed E-state index contributed by atoms with van der Waals surface area (Å²) in [6.07, 6.45) is 50.8. The van der Waals surface area contributed by atoms with Crippen molar-refractivity contribution in [2.75, 3.05) is 39.6 Å². The number of allylic oxidation sites excluding steroid dienone is 4. The van der Waals surface area contributed by atoms with Crippen LogP contribution in [0, 0.1) is 17.8 Å². The van der Waals surface area contributed by atoms with Gasteiger partial charge >= 0.3 is 39.5 Å². The molecule has 0 saturated heterocycles. The summed E-state index contributed by atoms with van der Waals surface area (Å²) in [6, 6.07) is 0. The van der Waals surface area contributed by atoms with Gasteiger partial charge in [-0.25, -0.2) is 9.13 Å². The maximum Gasteiger partial charge on any atom is 0.472 e. The van der Waals surface area contributed by atoms with Gasteiger partial charge in [0.25, 0.3) is 0 Å². The molecule has 0 radical (unpaired) electrons. The highest BCUT2D eigenvalue weighted by Gasteiger charge is 2.30. The molecule has 0 saturated carbocycles. The summed E-state index contributed by atoms with van der Waals surface area (Å²) in [4.78, 5) is 72.7. The van der Waals surface area contributed by atoms with Crippen LogP contribution in [0.25, 0.3) is 0 Å². The van der Waals surface area contributed by atoms with E-state index in [2.05, 4.69) is 72.8 Å². The molecule has 0 aliphatic rings. The third-order valence-corrected chi connectivity index (χ3v) is 18.2. The van der Waals surface area contributed by atoms with E-state index >= 15 is 0 Å². The fourth-order valence-electron chi connectivity index (χ4n) is 10.5. The van der Waals surface area contributed by atoms with Crippen LogP contribution < -0.4 is 0 Å². The van der Waals surface area contributed by atoms with Gasteiger partial charge in [-0.15, -0.1) is 0 Å². The standard InChI is InChI=1S/C73H138O17P2/c1-8-9-10-11-12-13-14-15-16-17-18-26-35-42-49-56-72(77)89-68(60-83-70(75)54-47-40-33-25-21-19-23-30-37-44-51-64(2)3)62-87-91(79,80)85-58-67(74)59-86-92(81,82)88-63-69(61-84-71(76)55-48-41-34-29-28-32-39-46-53-66(6)7)90-73(78)57-50-43-36-27-22-20-24-31-38-45-52-65(4)5/h13-16,64-69,74H,8-12,17-63H2,1-7H3,(H,79,80)(H,81,82)/b14-13-,16-15-/t67?,68-,69-/m1/s1. The Hall–Kier alpha value is -2.46. The van der Waals surface area contributed by atoms with Gasteiger partial charge in [0.2, 0.25) is 0 Å². The minimum Gasteiger partial charge on any atom is -0.462 e. The highest BCUT2D eigenvalue weighted by Crippen LogP contribution is 2.45. The normalized spacial score (nSPS) is 14.3. The van der Waals surface area contributed by atoms with Gasteiger partial charge in [0.1, 0.15) is 19.3 Å². The first kappa shape index (κ1) is 89.5. The van der Waals surface area contributed by atoms with Crippen molar-refractivity contribution in [3.8, 4) is 0 Å². The second-order valence-electron chi connectivity index (χ2n) is 27.1. The van der Waals surface area contributed by atoms with Gasteiger partial charge in [0.15, 0.2) is 12.2 Å². The Bertz CT molecular complexity index is 1890. The number of aliphatic hydroxyl groups excluding tert-OH is 1. The van der Waals surface area contributed by atoms with Gasteiger partial charge in [-0.3, -0.25) is 37.3 Å². The molecule has 5 atom stereocenters. The second kappa shape index (κ2) is 63.3. The number of hydrogen-bond acceptors (Lipinski definition) is 15. The SMILES string of the molecule is CCCCCC/C=C\C=C/CCCCCCCC(=O)O[C@H](COC(=O)CCCCCCCCCCCCC(C)C)COP(=O)(O)OCC(O)COP(=O)(O)OC[C@@H](COC(=O)CCCCCCCCCCC(C)C)OC(=O)CCCCCCCCCCCCC(C)C. The number of hydrogen-bond donors (Lipinski definition) is 3. The van der Waals surface area contributed by atoms with E-state index in [1.807, 2.05) is 0 Å². The van der Waals surface area contributed by atoms with Gasteiger partial charge < -0.3 is 33.8 Å². The molecule has 3 unspecified atom stereocenters. The Kier molecular flexibility index (Phi) is 61.6. The van der Waals surface area contributed by atoms with Crippen molar-refractivity contribution >= 4 is 39.5 Å². The topological polar surface area (TPSA) is 237 Å². The van der Waals surface area contributed by atoms with Crippen molar-refractivity contribution < 1.29 is 80.2 Å². The zero-order valence-electron chi connectivity index (χ0n) is 59.5. The fourth-order valence-corrected chi connectivity index (χ4v) is 12.1. The zero-order chi connectivity index (χ0) is 68.0. The third kappa shape index (κ3) is 66.2. The van der Waals surface area contributed by atoms with Crippen LogP contribution in [0.1, 0.15) is 344 Å². The molecule has 0 aliphatic heterocycles. The molecule has 0 rings (SSSR count). The molecule has 17 nitrogen and oxygen atoms in total. The van der Waals surface area contributed by atoms with Crippen LogP contribution in [0.5, 0.6) is 0 Å². The summed E-state index contributed by atoms with van der Waals surface area (Å²) in [7, 11) is -9.92. The largest absolute Gasteiger partial charge is 0.472 e. The lowest BCUT2D eigenvalue weighted by Crippen LogP contribution is -2.30. The first-order valence-corrected chi connectivity index (χ1v) is 40.2. The molecule has 0 amide bonds. The van der Waals surface area contributed by atoms with Gasteiger partial charge in [-0.2, -0.15) is 0 Å². The molecule has 92 heavy (non-hydrogen) atoms. The van der Waals surface area contributed by atoms with Crippen LogP contribution in [0.4, 0.5) is 0 Å². The summed E-state index contributed by atoms with van der Waals surface area (Å²) in [5.41, 5.74) is 0. The lowest BCUT2D eigenvalue weighted by molar-refractivity contribution is -0.161. The van der Waals surface area contributed by atoms with Gasteiger partial charge in [-0.1, -0.05) is 291 Å². The first-order chi connectivity index (χ1) is 44.2. The van der Waals surface area contributed by atoms with Gasteiger partial charge in [0.05, 0.1) is 26.4 Å². The predicted octanol–water partition coefficient (Wildman–Crippen LogP) is 20.6. The molecule has 0 spiro atoms. The number of aliphatic hydroxyl groups is 1. The molecule has 0 aromatic carbocycles. The Morgan fingerprint density at radius 1 is 0.337 bits per heavy atom. The van der Waals surface area contributed by atoms with Crippen molar-refractivity contribution in [1.82, 2.24) is 0 Å². The smallest absolute Gasteiger partial charge is 0.462 e. The fraction of sp³-hybridized carbons (Fsp3) is 0.890. The molecule has 0 heterocycles. The minimum absolute atomic E-state index is 0.0844. The minimum atomic E-state index is -4.96. The summed E-state index contributed by atoms with van der Waals surface area (Å²) >= 11 is 0. The van der Waals surface area contributed by atoms with Crippen LogP contribution in [-0.2, 0) is 65.4 Å². The van der Waals surface area contributed by atoms with Crippen LogP contribution in [0.15, 0.2) is 24.3 Å². The Morgan fingerprint density at radius 2 is 0.587 bits per heavy atom. The maximum atomic E-state index is 13.0. The van der Waals surface area contributed by atoms with Crippen LogP contribution >= 0.6 is 15.6 Å². The number of phosphoric acid groups is 2. The summed E-state index contributed by atoms with van der Waals surface area (Å²) in [6.45, 7) is 11.7. The van der Waals surface area contributed by atoms with E-state index in [9.17, 15) is 43.2 Å². The van der Waals surface area contributed by atoms with E-state index in [1.165, 1.54) is 141 Å². The first-order valence-electron chi connectivity index (χ1n) is 37.2. The van der Waals surface area contributed by atoms with Crippen LogP contribution in [0.2, 0.25) is 0 Å². The molecular weight excluding hydrogens is 1210 g/mol. The monoisotopic (exact) mass is 1350 g/mol. The number of phosphoric ester groups is 2. The summed E-state index contributed by atoms with van der Waals surface area (Å²) < 4.78 is 68.4. The molecule has 0 fully saturated rings. The van der Waals surface area contributed by atoms with Crippen LogP contribution in [0.3, 0.4) is 0 Å². The van der Waals surface area contributed by atoms with Crippen molar-refractivity contribution in [1.29, 1.82) is 0 Å². The van der Waals surface area contributed by atoms with Crippen molar-refractivity contribution in [2.24, 2.45) is 17.8 Å². The van der Waals surface area contributed by atoms with Crippen molar-refractivity contribution in [3.63, 3.8) is 0 Å².